The van der Waals surface area contributed by atoms with Gasteiger partial charge in [0.2, 0.25) is 0 Å². The van der Waals surface area contributed by atoms with Crippen molar-refractivity contribution in [3.8, 4) is 10.8 Å². The molecule has 2 aromatic heterocycles. The van der Waals surface area contributed by atoms with E-state index in [2.05, 4.69) is 22.6 Å². The van der Waals surface area contributed by atoms with Crippen LogP contribution in [0, 0.1) is 0 Å². The normalized spacial score (nSPS) is 20.8. The second-order valence-corrected chi connectivity index (χ2v) is 5.70. The number of hydrogen-bond donors (Lipinski definition) is 1. The van der Waals surface area contributed by atoms with Crippen LogP contribution in [0.5, 0.6) is 0 Å². The van der Waals surface area contributed by atoms with Crippen LogP contribution in [0.3, 0.4) is 0 Å². The molecule has 1 fully saturated rings. The second kappa shape index (κ2) is 5.86. The van der Waals surface area contributed by atoms with Crippen LogP contribution in [0.15, 0.2) is 28.2 Å². The minimum absolute atomic E-state index is 0.350. The Bertz CT molecular complexity index is 503. The number of aromatic nitrogens is 1. The Morgan fingerprint density at radius 3 is 3.26 bits per heavy atom. The molecule has 3 heterocycles. The Kier molecular flexibility index (Phi) is 3.96. The van der Waals surface area contributed by atoms with Crippen molar-refractivity contribution in [2.75, 3.05) is 6.61 Å². The molecule has 5 heteroatoms. The van der Waals surface area contributed by atoms with Gasteiger partial charge in [-0.15, -0.1) is 11.3 Å². The Balaban J connectivity index is 1.55. The van der Waals surface area contributed by atoms with Crippen molar-refractivity contribution in [3.05, 3.63) is 29.5 Å². The van der Waals surface area contributed by atoms with Crippen LogP contribution < -0.4 is 5.32 Å². The Labute approximate surface area is 116 Å². The van der Waals surface area contributed by atoms with E-state index >= 15 is 0 Å². The highest BCUT2D eigenvalue weighted by Gasteiger charge is 2.21. The topological polar surface area (TPSA) is 47.3 Å². The lowest BCUT2D eigenvalue weighted by Gasteiger charge is -2.19. The molecule has 1 aliphatic rings. The van der Waals surface area contributed by atoms with Gasteiger partial charge < -0.3 is 14.5 Å². The van der Waals surface area contributed by atoms with Crippen LogP contribution in [-0.2, 0) is 11.3 Å². The number of hydrogen-bond acceptors (Lipinski definition) is 5. The number of nitrogens with one attached hydrogen (secondary N) is 1. The molecule has 0 bridgehead atoms. The molecule has 1 aliphatic heterocycles. The van der Waals surface area contributed by atoms with Crippen LogP contribution in [0.4, 0.5) is 0 Å². The average Bonchev–Trinajstić information content (AvgIpc) is 3.14. The fourth-order valence-electron chi connectivity index (χ4n) is 2.30. The summed E-state index contributed by atoms with van der Waals surface area (Å²) in [7, 11) is 0. The summed E-state index contributed by atoms with van der Waals surface area (Å²) in [4.78, 5) is 4.57. The lowest BCUT2D eigenvalue weighted by atomic mass is 10.1. The zero-order chi connectivity index (χ0) is 13.1. The summed E-state index contributed by atoms with van der Waals surface area (Å²) >= 11 is 1.62. The van der Waals surface area contributed by atoms with Crippen molar-refractivity contribution < 1.29 is 9.15 Å². The number of ether oxygens (including phenoxy) is 1. The van der Waals surface area contributed by atoms with Crippen LogP contribution >= 0.6 is 11.3 Å². The third kappa shape index (κ3) is 3.05. The van der Waals surface area contributed by atoms with E-state index < -0.39 is 0 Å². The van der Waals surface area contributed by atoms with Crippen molar-refractivity contribution in [1.82, 2.24) is 10.3 Å². The molecule has 2 atom stereocenters. The van der Waals surface area contributed by atoms with Gasteiger partial charge in [0.05, 0.1) is 18.1 Å². The molecule has 0 spiro atoms. The first-order valence-corrected chi connectivity index (χ1v) is 7.54. The van der Waals surface area contributed by atoms with Crippen LogP contribution in [0.25, 0.3) is 10.8 Å². The monoisotopic (exact) mass is 278 g/mol. The van der Waals surface area contributed by atoms with E-state index in [1.165, 1.54) is 6.42 Å². The van der Waals surface area contributed by atoms with E-state index in [0.717, 1.165) is 36.0 Å². The summed E-state index contributed by atoms with van der Waals surface area (Å²) < 4.78 is 11.0. The zero-order valence-electron chi connectivity index (χ0n) is 11.0. The predicted molar refractivity (Wildman–Crippen MR) is 75.1 cm³/mol. The summed E-state index contributed by atoms with van der Waals surface area (Å²) in [5, 5.41) is 6.50. The minimum atomic E-state index is 0.350. The Morgan fingerprint density at radius 2 is 2.53 bits per heavy atom. The molecular formula is C14H18N2O2S. The average molecular weight is 278 g/mol. The van der Waals surface area contributed by atoms with Gasteiger partial charge in [0, 0.05) is 24.6 Å². The molecule has 0 saturated carbocycles. The fraction of sp³-hybridized carbons (Fsp3) is 0.500. The second-order valence-electron chi connectivity index (χ2n) is 4.84. The van der Waals surface area contributed by atoms with Crippen molar-refractivity contribution in [2.24, 2.45) is 0 Å². The first-order chi connectivity index (χ1) is 9.33. The molecule has 4 nitrogen and oxygen atoms in total. The van der Waals surface area contributed by atoms with E-state index in [1.54, 1.807) is 17.6 Å². The summed E-state index contributed by atoms with van der Waals surface area (Å²) in [5.74, 6) is 0.837. The molecule has 0 aromatic carbocycles. The largest absolute Gasteiger partial charge is 0.462 e. The van der Waals surface area contributed by atoms with E-state index in [1.807, 2.05) is 12.1 Å². The van der Waals surface area contributed by atoms with Crippen molar-refractivity contribution >= 4 is 11.3 Å². The molecule has 3 rings (SSSR count). The SMILES string of the molecule is CC(NCc1csc(-c2ccco2)n1)C1CCCO1. The molecule has 2 aromatic rings. The standard InChI is InChI=1S/C14H18N2O2S/c1-10(12-4-2-6-17-12)15-8-11-9-19-14(16-11)13-5-3-7-18-13/h3,5,7,9-10,12,15H,2,4,6,8H2,1H3. The van der Waals surface area contributed by atoms with Crippen molar-refractivity contribution in [3.63, 3.8) is 0 Å². The Morgan fingerprint density at radius 1 is 1.58 bits per heavy atom. The van der Waals surface area contributed by atoms with Gasteiger partial charge in [-0.1, -0.05) is 0 Å². The molecule has 2 unspecified atom stereocenters. The maximum Gasteiger partial charge on any atom is 0.162 e. The number of furan rings is 1. The molecule has 0 radical (unpaired) electrons. The first kappa shape index (κ1) is 12.8. The molecule has 1 N–H and O–H groups in total. The van der Waals surface area contributed by atoms with Gasteiger partial charge in [0.1, 0.15) is 0 Å². The molecule has 19 heavy (non-hydrogen) atoms. The lowest BCUT2D eigenvalue weighted by Crippen LogP contribution is -2.36. The summed E-state index contributed by atoms with van der Waals surface area (Å²) in [6.07, 6.45) is 4.36. The van der Waals surface area contributed by atoms with Gasteiger partial charge in [-0.05, 0) is 31.9 Å². The van der Waals surface area contributed by atoms with Crippen LogP contribution in [0.1, 0.15) is 25.5 Å². The van der Waals surface area contributed by atoms with E-state index in [0.29, 0.717) is 12.1 Å². The van der Waals surface area contributed by atoms with E-state index in [9.17, 15) is 0 Å². The van der Waals surface area contributed by atoms with Gasteiger partial charge in [0.15, 0.2) is 10.8 Å². The third-order valence-corrected chi connectivity index (χ3v) is 4.32. The molecule has 102 valence electrons. The summed E-state index contributed by atoms with van der Waals surface area (Å²) in [6, 6.07) is 4.19. The van der Waals surface area contributed by atoms with E-state index in [4.69, 9.17) is 9.15 Å². The van der Waals surface area contributed by atoms with E-state index in [-0.39, 0.29) is 0 Å². The highest BCUT2D eigenvalue weighted by Crippen LogP contribution is 2.24. The van der Waals surface area contributed by atoms with Gasteiger partial charge >= 0.3 is 0 Å². The number of nitrogens with zero attached hydrogens (tertiary/aromatic N) is 1. The van der Waals surface area contributed by atoms with Gasteiger partial charge in [-0.2, -0.15) is 0 Å². The third-order valence-electron chi connectivity index (χ3n) is 3.41. The van der Waals surface area contributed by atoms with Gasteiger partial charge in [0.25, 0.3) is 0 Å². The highest BCUT2D eigenvalue weighted by molar-refractivity contribution is 7.13. The zero-order valence-corrected chi connectivity index (χ0v) is 11.8. The summed E-state index contributed by atoms with van der Waals surface area (Å²) in [5.41, 5.74) is 1.06. The summed E-state index contributed by atoms with van der Waals surface area (Å²) in [6.45, 7) is 3.85. The first-order valence-electron chi connectivity index (χ1n) is 6.66. The molecule has 0 amide bonds. The fourth-order valence-corrected chi connectivity index (χ4v) is 3.08. The van der Waals surface area contributed by atoms with Crippen molar-refractivity contribution in [2.45, 2.75) is 38.5 Å². The van der Waals surface area contributed by atoms with Gasteiger partial charge in [-0.25, -0.2) is 4.98 Å². The maximum absolute atomic E-state index is 5.67. The quantitative estimate of drug-likeness (QED) is 0.913. The number of thiazole rings is 1. The number of rotatable bonds is 5. The smallest absolute Gasteiger partial charge is 0.162 e. The minimum Gasteiger partial charge on any atom is -0.462 e. The van der Waals surface area contributed by atoms with Crippen LogP contribution in [-0.4, -0.2) is 23.7 Å². The highest BCUT2D eigenvalue weighted by atomic mass is 32.1. The molecule has 1 saturated heterocycles. The molecule has 0 aliphatic carbocycles. The Hall–Kier alpha value is -1.17. The van der Waals surface area contributed by atoms with Crippen molar-refractivity contribution in [1.29, 1.82) is 0 Å². The van der Waals surface area contributed by atoms with Gasteiger partial charge in [-0.3, -0.25) is 0 Å². The maximum atomic E-state index is 5.67. The predicted octanol–water partition coefficient (Wildman–Crippen LogP) is 3.06. The lowest BCUT2D eigenvalue weighted by molar-refractivity contribution is 0.0831. The van der Waals surface area contributed by atoms with Crippen LogP contribution in [0.2, 0.25) is 0 Å². The molecular weight excluding hydrogens is 260 g/mol.